The van der Waals surface area contributed by atoms with E-state index >= 15 is 0 Å². The zero-order valence-electron chi connectivity index (χ0n) is 17.8. The Morgan fingerprint density at radius 1 is 1.12 bits per heavy atom. The number of carbonyl (C=O) groups excluding carboxylic acids is 1. The fraction of sp³-hybridized carbons (Fsp3) is 0.167. The normalized spacial score (nSPS) is 13.1. The van der Waals surface area contributed by atoms with Gasteiger partial charge in [-0.25, -0.2) is 9.78 Å². The van der Waals surface area contributed by atoms with Gasteiger partial charge in [-0.2, -0.15) is 0 Å². The first kappa shape index (κ1) is 21.6. The second kappa shape index (κ2) is 8.62. The number of pyridine rings is 1. The number of aromatic amines is 1. The summed E-state index contributed by atoms with van der Waals surface area (Å²) in [4.78, 5) is 22.3. The Kier molecular flexibility index (Phi) is 5.48. The van der Waals surface area contributed by atoms with Crippen molar-refractivity contribution in [1.29, 1.82) is 0 Å². The largest absolute Gasteiger partial charge is 0.573 e. The predicted octanol–water partition coefficient (Wildman–Crippen LogP) is 5.67. The topological polar surface area (TPSA) is 82.3 Å². The summed E-state index contributed by atoms with van der Waals surface area (Å²) in [5.41, 5.74) is 4.86. The molecule has 0 atom stereocenters. The second-order valence-corrected chi connectivity index (χ2v) is 7.84. The molecular weight excluding hydrogens is 447 g/mol. The molecule has 10 heteroatoms. The summed E-state index contributed by atoms with van der Waals surface area (Å²) < 4.78 is 41.2. The summed E-state index contributed by atoms with van der Waals surface area (Å²) in [6, 6.07) is 14.3. The number of nitrogens with one attached hydrogen (secondary N) is 3. The number of alkyl halides is 3. The molecule has 0 saturated carbocycles. The van der Waals surface area contributed by atoms with Crippen LogP contribution < -0.4 is 20.3 Å². The van der Waals surface area contributed by atoms with E-state index in [0.29, 0.717) is 12.2 Å². The Labute approximate surface area is 192 Å². The van der Waals surface area contributed by atoms with Crippen LogP contribution in [0, 0.1) is 0 Å². The summed E-state index contributed by atoms with van der Waals surface area (Å²) in [6.07, 6.45) is -0.407. The number of halogens is 3. The number of urea groups is 1. The summed E-state index contributed by atoms with van der Waals surface area (Å²) in [7, 11) is 0. The minimum Gasteiger partial charge on any atom is -0.406 e. The third-order valence-electron chi connectivity index (χ3n) is 5.61. The molecule has 0 radical (unpaired) electrons. The van der Waals surface area contributed by atoms with Crippen molar-refractivity contribution in [2.45, 2.75) is 19.3 Å². The lowest BCUT2D eigenvalue weighted by atomic mass is 10.1. The van der Waals surface area contributed by atoms with Crippen LogP contribution in [0.2, 0.25) is 0 Å². The molecule has 0 spiro atoms. The average molecular weight is 467 g/mol. The Morgan fingerprint density at radius 2 is 1.97 bits per heavy atom. The van der Waals surface area contributed by atoms with E-state index < -0.39 is 18.1 Å². The molecule has 2 aromatic carbocycles. The summed E-state index contributed by atoms with van der Waals surface area (Å²) in [5.74, 6) is -0.408. The highest BCUT2D eigenvalue weighted by Gasteiger charge is 2.31. The summed E-state index contributed by atoms with van der Waals surface area (Å²) in [5, 5.41) is 6.44. The molecule has 0 saturated heterocycles. The van der Waals surface area contributed by atoms with Gasteiger partial charge in [-0.1, -0.05) is 12.1 Å². The quantitative estimate of drug-likeness (QED) is 0.353. The molecule has 3 N–H and O–H groups in total. The molecule has 0 unspecified atom stereocenters. The zero-order valence-corrected chi connectivity index (χ0v) is 17.8. The van der Waals surface area contributed by atoms with Gasteiger partial charge < -0.3 is 25.3 Å². The van der Waals surface area contributed by atoms with E-state index in [9.17, 15) is 18.0 Å². The van der Waals surface area contributed by atoms with Crippen LogP contribution in [0.4, 0.5) is 35.0 Å². The van der Waals surface area contributed by atoms with Crippen LogP contribution >= 0.6 is 0 Å². The van der Waals surface area contributed by atoms with Crippen LogP contribution in [-0.2, 0) is 13.0 Å². The average Bonchev–Trinajstić information content (AvgIpc) is 3.41. The van der Waals surface area contributed by atoms with Gasteiger partial charge in [-0.05, 0) is 48.4 Å². The number of aromatic nitrogens is 2. The van der Waals surface area contributed by atoms with Gasteiger partial charge in [0.2, 0.25) is 0 Å². The fourth-order valence-electron chi connectivity index (χ4n) is 4.20. The monoisotopic (exact) mass is 467 g/mol. The van der Waals surface area contributed by atoms with Crippen LogP contribution in [0.15, 0.2) is 67.0 Å². The number of benzene rings is 2. The molecule has 0 fully saturated rings. The molecule has 7 nitrogen and oxygen atoms in total. The van der Waals surface area contributed by atoms with E-state index in [4.69, 9.17) is 0 Å². The lowest BCUT2D eigenvalue weighted by Gasteiger charge is -2.20. The third kappa shape index (κ3) is 4.61. The van der Waals surface area contributed by atoms with Crippen LogP contribution in [0.5, 0.6) is 5.75 Å². The van der Waals surface area contributed by atoms with E-state index in [-0.39, 0.29) is 5.69 Å². The molecule has 2 amide bonds. The Bertz CT molecular complexity index is 1350. The SMILES string of the molecule is O=C(Nc1cccc(OC(F)(F)F)c1)Nc1cccc2c1CCN2Cc1ccnc2[nH]ccc12. The van der Waals surface area contributed by atoms with Crippen molar-refractivity contribution >= 4 is 34.1 Å². The third-order valence-corrected chi connectivity index (χ3v) is 5.61. The number of rotatable bonds is 5. The number of H-pyrrole nitrogens is 1. The number of nitrogens with zero attached hydrogens (tertiary/aromatic N) is 2. The number of hydrogen-bond acceptors (Lipinski definition) is 4. The molecule has 174 valence electrons. The fourth-order valence-corrected chi connectivity index (χ4v) is 4.20. The Balaban J connectivity index is 1.29. The van der Waals surface area contributed by atoms with Crippen molar-refractivity contribution in [2.24, 2.45) is 0 Å². The molecule has 2 aromatic heterocycles. The molecule has 3 heterocycles. The molecule has 5 rings (SSSR count). The lowest BCUT2D eigenvalue weighted by molar-refractivity contribution is -0.274. The first-order chi connectivity index (χ1) is 16.4. The van der Waals surface area contributed by atoms with Gasteiger partial charge in [0.25, 0.3) is 0 Å². The first-order valence-electron chi connectivity index (χ1n) is 10.6. The number of hydrogen-bond donors (Lipinski definition) is 3. The van der Waals surface area contributed by atoms with Gasteiger partial charge in [0, 0.05) is 59.6 Å². The maximum Gasteiger partial charge on any atom is 0.573 e. The van der Waals surface area contributed by atoms with Gasteiger partial charge in [-0.15, -0.1) is 13.2 Å². The van der Waals surface area contributed by atoms with Gasteiger partial charge >= 0.3 is 12.4 Å². The Hall–Kier alpha value is -4.21. The van der Waals surface area contributed by atoms with Crippen LogP contribution in [0.3, 0.4) is 0 Å². The van der Waals surface area contributed by atoms with Gasteiger partial charge in [0.05, 0.1) is 0 Å². The van der Waals surface area contributed by atoms with Crippen LogP contribution in [0.25, 0.3) is 11.0 Å². The minimum absolute atomic E-state index is 0.182. The maximum absolute atomic E-state index is 12.6. The highest BCUT2D eigenvalue weighted by atomic mass is 19.4. The predicted molar refractivity (Wildman–Crippen MR) is 123 cm³/mol. The number of fused-ring (bicyclic) bond motifs is 2. The van der Waals surface area contributed by atoms with Crippen molar-refractivity contribution < 1.29 is 22.7 Å². The van der Waals surface area contributed by atoms with Crippen molar-refractivity contribution in [3.8, 4) is 5.75 Å². The number of anilines is 3. The number of ether oxygens (including phenoxy) is 1. The Morgan fingerprint density at radius 3 is 2.82 bits per heavy atom. The smallest absolute Gasteiger partial charge is 0.406 e. The van der Waals surface area contributed by atoms with Crippen molar-refractivity contribution in [2.75, 3.05) is 22.1 Å². The summed E-state index contributed by atoms with van der Waals surface area (Å²) in [6.45, 7) is 1.49. The van der Waals surface area contributed by atoms with E-state index in [1.54, 1.807) is 6.20 Å². The summed E-state index contributed by atoms with van der Waals surface area (Å²) >= 11 is 0. The lowest BCUT2D eigenvalue weighted by Crippen LogP contribution is -2.21. The van der Waals surface area contributed by atoms with Crippen LogP contribution in [-0.4, -0.2) is 28.9 Å². The van der Waals surface area contributed by atoms with Crippen molar-refractivity contribution in [1.82, 2.24) is 9.97 Å². The van der Waals surface area contributed by atoms with Gasteiger partial charge in [0.15, 0.2) is 0 Å². The molecule has 34 heavy (non-hydrogen) atoms. The van der Waals surface area contributed by atoms with E-state index in [2.05, 4.69) is 30.2 Å². The van der Waals surface area contributed by atoms with Crippen molar-refractivity contribution in [3.05, 3.63) is 78.1 Å². The van der Waals surface area contributed by atoms with E-state index in [0.717, 1.165) is 46.9 Å². The van der Waals surface area contributed by atoms with Gasteiger partial charge in [0.1, 0.15) is 11.4 Å². The molecule has 0 bridgehead atoms. The highest BCUT2D eigenvalue weighted by molar-refractivity contribution is 6.01. The number of carbonyl (C=O) groups is 1. The first-order valence-corrected chi connectivity index (χ1v) is 10.6. The number of amides is 2. The van der Waals surface area contributed by atoms with Crippen molar-refractivity contribution in [3.63, 3.8) is 0 Å². The zero-order chi connectivity index (χ0) is 23.7. The minimum atomic E-state index is -4.81. The highest BCUT2D eigenvalue weighted by Crippen LogP contribution is 2.35. The van der Waals surface area contributed by atoms with E-state index in [1.165, 1.54) is 18.2 Å². The molecule has 0 aliphatic carbocycles. The molecular formula is C24H20F3N5O2. The molecule has 1 aliphatic heterocycles. The standard InChI is InChI=1S/C24H20F3N5O2/c25-24(26,27)34-17-4-1-3-16(13-17)30-23(33)31-20-5-2-6-21-19(20)9-12-32(21)14-15-7-10-28-22-18(15)8-11-29-22/h1-8,10-11,13H,9,12,14H2,(H,28,29)(H2,30,31,33). The van der Waals surface area contributed by atoms with E-state index in [1.807, 2.05) is 36.5 Å². The second-order valence-electron chi connectivity index (χ2n) is 7.84. The molecule has 1 aliphatic rings. The van der Waals surface area contributed by atoms with Crippen LogP contribution in [0.1, 0.15) is 11.1 Å². The molecule has 4 aromatic rings. The maximum atomic E-state index is 12.6. The van der Waals surface area contributed by atoms with Gasteiger partial charge in [-0.3, -0.25) is 0 Å².